The Bertz CT molecular complexity index is 2900. The molecule has 1 unspecified atom stereocenters. The number of nitrogens with zero attached hydrogens (tertiary/aromatic N) is 2. The molecule has 5 fully saturated rings. The second kappa shape index (κ2) is 57.2. The first-order chi connectivity index (χ1) is 49.7. The van der Waals surface area contributed by atoms with E-state index in [0.717, 1.165) is 109 Å². The van der Waals surface area contributed by atoms with E-state index in [1.54, 1.807) is 4.90 Å². The van der Waals surface area contributed by atoms with Gasteiger partial charge >= 0.3 is 6.09 Å². The number of allylic oxidation sites excluding steroid dienone is 1. The Labute approximate surface area is 664 Å². The molecule has 3 aliphatic carbocycles. The van der Waals surface area contributed by atoms with Crippen molar-refractivity contribution in [3.05, 3.63) is 132 Å². The van der Waals surface area contributed by atoms with Crippen molar-refractivity contribution in [2.75, 3.05) is 33.2 Å². The number of likely N-dealkylation sites (tertiary alicyclic amines) is 2. The zero-order valence-electron chi connectivity index (χ0n) is 70.0. The Morgan fingerprint density at radius 3 is 1.17 bits per heavy atom. The molecule has 3 aromatic carbocycles. The van der Waals surface area contributed by atoms with Gasteiger partial charge in [-0.05, 0) is 257 Å². The number of ether oxygens (including phenoxy) is 1. The summed E-state index contributed by atoms with van der Waals surface area (Å²) in [5.74, 6) is 3.30. The highest BCUT2D eigenvalue weighted by Crippen LogP contribution is 2.32. The lowest BCUT2D eigenvalue weighted by Crippen LogP contribution is -2.48. The summed E-state index contributed by atoms with van der Waals surface area (Å²) in [7, 11) is 2.11. The number of piperidine rings is 2. The average Bonchev–Trinajstić information content (AvgIpc) is 1.00. The van der Waals surface area contributed by atoms with Gasteiger partial charge in [0.15, 0.2) is 0 Å². The van der Waals surface area contributed by atoms with Crippen LogP contribution >= 0.6 is 11.6 Å². The second-order valence-corrected chi connectivity index (χ2v) is 33.3. The van der Waals surface area contributed by atoms with Crippen molar-refractivity contribution in [3.63, 3.8) is 0 Å². The van der Waals surface area contributed by atoms with Crippen LogP contribution < -0.4 is 42.5 Å². The van der Waals surface area contributed by atoms with Crippen molar-refractivity contribution in [2.45, 2.75) is 323 Å². The summed E-state index contributed by atoms with van der Waals surface area (Å²) in [5, 5.41) is 25.3. The van der Waals surface area contributed by atoms with E-state index in [2.05, 4.69) is 135 Å². The third kappa shape index (κ3) is 50.8. The predicted molar refractivity (Wildman–Crippen MR) is 460 cm³/mol. The van der Waals surface area contributed by atoms with Gasteiger partial charge < -0.3 is 57.1 Å². The van der Waals surface area contributed by atoms with Crippen LogP contribution in [0, 0.1) is 35.5 Å². The van der Waals surface area contributed by atoms with Crippen molar-refractivity contribution < 1.29 is 33.5 Å². The molecule has 1 atom stereocenters. The first-order valence-electron chi connectivity index (χ1n) is 40.1. The van der Waals surface area contributed by atoms with Crippen molar-refractivity contribution in [2.24, 2.45) is 35.5 Å². The number of hydrogen-bond donors (Lipinski definition) is 8. The molecule has 0 radical (unpaired) electrons. The second-order valence-electron chi connectivity index (χ2n) is 32.9. The number of hydrogen-bond acceptors (Lipinski definition) is 11. The normalized spacial score (nSPS) is 17.2. The molecule has 3 aromatic rings. The largest absolute Gasteiger partial charge is 0.444 e. The van der Waals surface area contributed by atoms with Gasteiger partial charge in [0.2, 0.25) is 29.5 Å². The number of carbonyl (C=O) groups is 6. The fourth-order valence-corrected chi connectivity index (χ4v) is 12.6. The lowest BCUT2D eigenvalue weighted by molar-refractivity contribution is -0.127. The van der Waals surface area contributed by atoms with Gasteiger partial charge in [0.25, 0.3) is 0 Å². The SMILES string of the molecule is C.C.C=C(NC(C)C)C1CCC(C)CC1.C=C(NC(C)C)c1ccc(Cl)cc1.C=C(NC(C)C)c1ccccc1.CC(C)NC(=O)C1CCCC1.CC(C)NC(=O)C1CCCCC1.CC(C)NC(=O)C1CCCN(C(=O)OC(C)(C)C)C1.CC(C)NC(=O)C1CCN(C)CC1.CC(C)NC(=O)Cc1ccccc1. The molecule has 18 heteroatoms. The van der Waals surface area contributed by atoms with E-state index in [1.807, 2.05) is 163 Å². The van der Waals surface area contributed by atoms with E-state index in [9.17, 15) is 28.8 Å². The maximum absolute atomic E-state index is 12.0. The third-order valence-corrected chi connectivity index (χ3v) is 18.1. The van der Waals surface area contributed by atoms with Crippen LogP contribution in [0.1, 0.15) is 279 Å². The Morgan fingerprint density at radius 1 is 0.426 bits per heavy atom. The van der Waals surface area contributed by atoms with E-state index in [1.165, 1.54) is 63.5 Å². The van der Waals surface area contributed by atoms with Crippen LogP contribution in [0.5, 0.6) is 0 Å². The highest BCUT2D eigenvalue weighted by molar-refractivity contribution is 6.30. The van der Waals surface area contributed by atoms with Gasteiger partial charge in [0.1, 0.15) is 5.60 Å². The molecule has 0 spiro atoms. The lowest BCUT2D eigenvalue weighted by atomic mass is 9.81. The molecule has 2 heterocycles. The summed E-state index contributed by atoms with van der Waals surface area (Å²) >= 11 is 5.77. The van der Waals surface area contributed by atoms with Gasteiger partial charge in [-0.15, -0.1) is 0 Å². The zero-order chi connectivity index (χ0) is 80.1. The van der Waals surface area contributed by atoms with Gasteiger partial charge in [-0.3, -0.25) is 24.0 Å². The summed E-state index contributed by atoms with van der Waals surface area (Å²) in [4.78, 5) is 73.6. The Kier molecular flexibility index (Phi) is 54.7. The van der Waals surface area contributed by atoms with Gasteiger partial charge in [0, 0.05) is 101 Å². The molecular weight excluding hydrogens is 1370 g/mol. The minimum absolute atomic E-state index is 0. The van der Waals surface area contributed by atoms with E-state index in [-0.39, 0.29) is 80.4 Å². The molecule has 6 amide bonds. The minimum atomic E-state index is -0.496. The molecule has 2 aliphatic heterocycles. The number of nitrogens with one attached hydrogen (secondary N) is 8. The van der Waals surface area contributed by atoms with Gasteiger partial charge in [-0.1, -0.05) is 171 Å². The third-order valence-electron chi connectivity index (χ3n) is 17.8. The monoisotopic (exact) mass is 1530 g/mol. The highest BCUT2D eigenvalue weighted by atomic mass is 35.5. The number of halogens is 1. The average molecular weight is 1530 g/mol. The molecule has 17 nitrogen and oxygen atoms in total. The van der Waals surface area contributed by atoms with Crippen LogP contribution in [-0.4, -0.2) is 133 Å². The van der Waals surface area contributed by atoms with Crippen molar-refractivity contribution in [3.8, 4) is 0 Å². The fraction of sp³-hybridized carbons (Fsp3) is 0.667. The van der Waals surface area contributed by atoms with E-state index in [4.69, 9.17) is 16.3 Å². The van der Waals surface area contributed by atoms with Gasteiger partial charge in [-0.2, -0.15) is 0 Å². The fourth-order valence-electron chi connectivity index (χ4n) is 12.5. The summed E-state index contributed by atoms with van der Waals surface area (Å²) in [6, 6.07) is 30.1. The Balaban J connectivity index is 0. The number of amides is 6. The molecule has 108 heavy (non-hydrogen) atoms. The number of carbonyl (C=O) groups excluding carboxylic acids is 6. The summed E-state index contributed by atoms with van der Waals surface area (Å²) in [6.45, 7) is 55.7. The van der Waals surface area contributed by atoms with Crippen LogP contribution in [0.15, 0.2) is 110 Å². The van der Waals surface area contributed by atoms with Crippen molar-refractivity contribution in [1.29, 1.82) is 0 Å². The Hall–Kier alpha value is -6.85. The topological polar surface area (TPSA) is 214 Å². The molecular formula is C90H157ClN10O7. The van der Waals surface area contributed by atoms with E-state index >= 15 is 0 Å². The molecule has 8 N–H and O–H groups in total. The molecule has 0 aromatic heterocycles. The molecule has 5 aliphatic rings. The maximum atomic E-state index is 12.0. The summed E-state index contributed by atoms with van der Waals surface area (Å²) < 4.78 is 5.34. The van der Waals surface area contributed by atoms with Crippen LogP contribution in [0.4, 0.5) is 4.79 Å². The van der Waals surface area contributed by atoms with Crippen LogP contribution in [0.25, 0.3) is 11.4 Å². The van der Waals surface area contributed by atoms with Crippen molar-refractivity contribution >= 4 is 58.6 Å². The molecule has 2 saturated heterocycles. The minimum Gasteiger partial charge on any atom is -0.444 e. The zero-order valence-corrected chi connectivity index (χ0v) is 70.7. The standard InChI is InChI=1S/C14H26N2O3.C12H23N.C11H14ClN.C11H15NO.C11H15N.C10H20N2O.C10H19NO.C9H17NO.2CH4/c1-10(2)15-12(17)11-7-6-8-16(9-11)13(18)19-14(3,4)5;1-9(2)13-11(4)12-7-5-10(3)6-8-12;1-8(2)13-9(3)10-4-6-11(12)7-5-10;1-9(2)12-11(13)8-10-6-4-3-5-7-10;1-9(2)12-10(3)11-7-5-4-6-8-11;1-8(2)11-10(13)9-4-6-12(3)7-5-9;1-8(2)11-10(12)9-6-4-3-5-7-9;1-7(2)10-9(11)8-5-3-4-6-8;;/h10-11H,6-9H2,1-5H3,(H,15,17);9-10,12-13H,4-8H2,1-3H3;4-8,13H,3H2,1-2H3;3-7,9H,8H2,1-2H3,(H,12,13);4-9,12H,3H2,1-2H3;8-9H,4-7H2,1-3H3,(H,11,13);8-9H,3-7H2,1-2H3,(H,11,12);7-8H,3-6H2,1-2H3,(H,10,11);2*1H4. The summed E-state index contributed by atoms with van der Waals surface area (Å²) in [5.41, 5.74) is 5.99. The number of rotatable bonds is 20. The van der Waals surface area contributed by atoms with Crippen molar-refractivity contribution in [1.82, 2.24) is 52.3 Å². The molecule has 616 valence electrons. The smallest absolute Gasteiger partial charge is 0.410 e. The number of benzene rings is 3. The van der Waals surface area contributed by atoms with Gasteiger partial charge in [0.05, 0.1) is 12.3 Å². The maximum Gasteiger partial charge on any atom is 0.410 e. The van der Waals surface area contributed by atoms with Crippen LogP contribution in [0.3, 0.4) is 0 Å². The quantitative estimate of drug-likeness (QED) is 0.0533. The van der Waals surface area contributed by atoms with Crippen LogP contribution in [-0.2, 0) is 35.1 Å². The van der Waals surface area contributed by atoms with Crippen LogP contribution in [0.2, 0.25) is 5.02 Å². The Morgan fingerprint density at radius 2 is 0.778 bits per heavy atom. The first kappa shape index (κ1) is 103. The predicted octanol–water partition coefficient (Wildman–Crippen LogP) is 19.1. The lowest BCUT2D eigenvalue weighted by Gasteiger charge is -2.33. The highest BCUT2D eigenvalue weighted by Gasteiger charge is 2.32. The molecule has 8 rings (SSSR count). The summed E-state index contributed by atoms with van der Waals surface area (Å²) in [6.07, 6.45) is 19.9. The van der Waals surface area contributed by atoms with E-state index in [0.29, 0.717) is 61.6 Å². The van der Waals surface area contributed by atoms with Gasteiger partial charge in [-0.25, -0.2) is 4.79 Å². The van der Waals surface area contributed by atoms with E-state index < -0.39 is 5.60 Å². The molecule has 0 bridgehead atoms. The first-order valence-corrected chi connectivity index (χ1v) is 40.5. The molecule has 3 saturated carbocycles.